The van der Waals surface area contributed by atoms with Crippen molar-refractivity contribution in [3.8, 4) is 0 Å². The average Bonchev–Trinajstić information content (AvgIpc) is 4.04. The van der Waals surface area contributed by atoms with Crippen molar-refractivity contribution >= 4 is 35.7 Å². The molecule has 14 nitrogen and oxygen atoms in total. The molecule has 5 rings (SSSR count). The molecule has 14 heteroatoms. The number of hydrogen-bond acceptors (Lipinski definition) is 11. The zero-order chi connectivity index (χ0) is 38.7. The van der Waals surface area contributed by atoms with Gasteiger partial charge < -0.3 is 44.7 Å². The number of nitrogens with one attached hydrogen (secondary N) is 2. The number of aliphatic hydroxyl groups excluding tert-OH is 2. The van der Waals surface area contributed by atoms with Gasteiger partial charge >= 0.3 is 11.9 Å². The Morgan fingerprint density at radius 1 is 1.02 bits per heavy atom. The van der Waals surface area contributed by atoms with Crippen LogP contribution in [0.5, 0.6) is 0 Å². The summed E-state index contributed by atoms with van der Waals surface area (Å²) in [5.41, 5.74) is 0.493. The highest BCUT2D eigenvalue weighted by Gasteiger charge is 2.64. The number of ether oxygens (including phenoxy) is 4. The summed E-state index contributed by atoms with van der Waals surface area (Å²) >= 11 is 0. The fourth-order valence-corrected chi connectivity index (χ4v) is 6.65. The Kier molecular flexibility index (Phi) is 12.5. The normalized spacial score (nSPS) is 23.9. The molecule has 2 saturated carbocycles. The third-order valence-corrected chi connectivity index (χ3v) is 9.70. The van der Waals surface area contributed by atoms with Crippen molar-refractivity contribution < 1.29 is 53.1 Å². The lowest BCUT2D eigenvalue weighted by molar-refractivity contribution is -0.209. The predicted octanol–water partition coefficient (Wildman–Crippen LogP) is 2.41. The van der Waals surface area contributed by atoms with Crippen LogP contribution in [0.1, 0.15) is 88.6 Å². The molecule has 1 aromatic carbocycles. The van der Waals surface area contributed by atoms with Gasteiger partial charge in [0.05, 0.1) is 24.3 Å². The maximum Gasteiger partial charge on any atom is 0.338 e. The minimum Gasteiger partial charge on any atom is -0.460 e. The molecule has 0 spiro atoms. The lowest BCUT2D eigenvalue weighted by atomic mass is 9.91. The van der Waals surface area contributed by atoms with Crippen LogP contribution in [0.15, 0.2) is 42.0 Å². The Bertz CT molecular complexity index is 1580. The van der Waals surface area contributed by atoms with E-state index in [9.17, 15) is 34.2 Å². The average molecular weight is 740 g/mol. The molecule has 3 aliphatic carbocycles. The summed E-state index contributed by atoms with van der Waals surface area (Å²) in [5, 5.41) is 25.7. The number of carbonyl (C=O) groups is 5. The molecule has 6 unspecified atom stereocenters. The predicted molar refractivity (Wildman–Crippen MR) is 192 cm³/mol. The van der Waals surface area contributed by atoms with Crippen molar-refractivity contribution in [3.05, 3.63) is 53.1 Å². The highest BCUT2D eigenvalue weighted by molar-refractivity contribution is 5.98. The first-order chi connectivity index (χ1) is 25.0. The monoisotopic (exact) mass is 739 g/mol. The quantitative estimate of drug-likeness (QED) is 0.153. The van der Waals surface area contributed by atoms with Crippen LogP contribution in [-0.2, 0) is 38.1 Å². The van der Waals surface area contributed by atoms with Crippen molar-refractivity contribution in [1.29, 1.82) is 0 Å². The van der Waals surface area contributed by atoms with E-state index >= 15 is 0 Å². The highest BCUT2D eigenvalue weighted by atomic mass is 16.8. The standard InChI is InChI=1S/C39H53N3O11/c1-22(44)33(36(48)40-28(21-43)16-18-32(46)52-38(2,3)4)41-35(47)25-19-29(34-30(20-25)51-39(53-34,26-12-13-26)27-14-15-27)50-37(49)24-10-7-23(8-11-24)9-17-31(45)42(5)6/h7-11,17,20,22,26-30,33-34,43-44H,12-16,18-19,21H2,1-6H3,(H,40,48)(H,41,47). The maximum absolute atomic E-state index is 13.8. The van der Waals surface area contributed by atoms with Crippen LogP contribution in [0.4, 0.5) is 0 Å². The van der Waals surface area contributed by atoms with E-state index < -0.39 is 78.2 Å². The van der Waals surface area contributed by atoms with E-state index in [4.69, 9.17) is 18.9 Å². The summed E-state index contributed by atoms with van der Waals surface area (Å²) in [6.45, 7) is 6.08. The molecule has 290 valence electrons. The molecule has 6 atom stereocenters. The van der Waals surface area contributed by atoms with E-state index in [0.717, 1.165) is 25.7 Å². The van der Waals surface area contributed by atoms with Gasteiger partial charge in [0.1, 0.15) is 30.0 Å². The SMILES string of the molecule is CC(O)C(NC(=O)C1=CC2OC(C3CC3)(C3CC3)OC2C(OC(=O)c2ccc(C=CC(=O)N(C)C)cc2)C1)C(=O)NC(CO)CCC(=O)OC(C)(C)C. The molecule has 3 amide bonds. The van der Waals surface area contributed by atoms with Gasteiger partial charge in [-0.25, -0.2) is 4.79 Å². The zero-order valence-electron chi connectivity index (χ0n) is 31.3. The Hall–Kier alpha value is -4.11. The van der Waals surface area contributed by atoms with E-state index in [1.807, 2.05) is 0 Å². The lowest BCUT2D eigenvalue weighted by Gasteiger charge is -2.31. The Balaban J connectivity index is 1.29. The van der Waals surface area contributed by atoms with E-state index in [0.29, 0.717) is 5.56 Å². The third-order valence-electron chi connectivity index (χ3n) is 9.70. The molecule has 4 N–H and O–H groups in total. The fourth-order valence-electron chi connectivity index (χ4n) is 6.65. The first-order valence-corrected chi connectivity index (χ1v) is 18.4. The van der Waals surface area contributed by atoms with Crippen molar-refractivity contribution in [3.63, 3.8) is 0 Å². The van der Waals surface area contributed by atoms with Gasteiger partial charge in [-0.3, -0.25) is 19.2 Å². The number of benzene rings is 1. The Morgan fingerprint density at radius 3 is 2.21 bits per heavy atom. The summed E-state index contributed by atoms with van der Waals surface area (Å²) in [5.74, 6) is -3.11. The van der Waals surface area contributed by atoms with Gasteiger partial charge in [-0.2, -0.15) is 0 Å². The van der Waals surface area contributed by atoms with Crippen molar-refractivity contribution in [2.45, 2.75) is 121 Å². The van der Waals surface area contributed by atoms with Crippen molar-refractivity contribution in [2.75, 3.05) is 20.7 Å². The number of esters is 2. The van der Waals surface area contributed by atoms with Crippen LogP contribution in [-0.4, -0.2) is 113 Å². The largest absolute Gasteiger partial charge is 0.460 e. The van der Waals surface area contributed by atoms with Crippen LogP contribution in [0.2, 0.25) is 0 Å². The minimum atomic E-state index is -1.41. The van der Waals surface area contributed by atoms with Gasteiger partial charge in [0.15, 0.2) is 5.79 Å². The molecular formula is C39H53N3O11. The molecule has 3 fully saturated rings. The second-order valence-electron chi connectivity index (χ2n) is 15.7. The number of likely N-dealkylation sites (N-methyl/N-ethyl adjacent to an activating group) is 1. The van der Waals surface area contributed by atoms with Crippen molar-refractivity contribution in [2.24, 2.45) is 11.8 Å². The highest BCUT2D eigenvalue weighted by Crippen LogP contribution is 2.59. The number of amides is 3. The number of carbonyl (C=O) groups excluding carboxylic acids is 5. The van der Waals surface area contributed by atoms with E-state index in [1.54, 1.807) is 71.3 Å². The minimum absolute atomic E-state index is 0.0374. The molecule has 0 bridgehead atoms. The summed E-state index contributed by atoms with van der Waals surface area (Å²) in [6.07, 6.45) is 4.94. The van der Waals surface area contributed by atoms with Crippen molar-refractivity contribution in [1.82, 2.24) is 15.5 Å². The first-order valence-electron chi connectivity index (χ1n) is 18.4. The van der Waals surface area contributed by atoms with Crippen LogP contribution < -0.4 is 10.6 Å². The molecule has 4 aliphatic rings. The van der Waals surface area contributed by atoms with Gasteiger partial charge in [0.25, 0.3) is 0 Å². The van der Waals surface area contributed by atoms with E-state index in [2.05, 4.69) is 10.6 Å². The molecule has 1 saturated heterocycles. The Labute approximate surface area is 310 Å². The molecule has 0 aromatic heterocycles. The lowest BCUT2D eigenvalue weighted by Crippen LogP contribution is -2.55. The van der Waals surface area contributed by atoms with Gasteiger partial charge in [0, 0.05) is 50.4 Å². The van der Waals surface area contributed by atoms with Gasteiger partial charge in [-0.05, 0) is 89.6 Å². The summed E-state index contributed by atoms with van der Waals surface area (Å²) in [4.78, 5) is 66.2. The third kappa shape index (κ3) is 10.3. The topological polar surface area (TPSA) is 190 Å². The molecule has 1 aromatic rings. The van der Waals surface area contributed by atoms with Crippen LogP contribution in [0, 0.1) is 11.8 Å². The molecule has 1 heterocycles. The van der Waals surface area contributed by atoms with Gasteiger partial charge in [-0.15, -0.1) is 0 Å². The van der Waals surface area contributed by atoms with Gasteiger partial charge in [-0.1, -0.05) is 12.1 Å². The smallest absolute Gasteiger partial charge is 0.338 e. The van der Waals surface area contributed by atoms with Crippen LogP contribution in [0.3, 0.4) is 0 Å². The van der Waals surface area contributed by atoms with Gasteiger partial charge in [0.2, 0.25) is 17.7 Å². The number of hydrogen-bond donors (Lipinski definition) is 4. The summed E-state index contributed by atoms with van der Waals surface area (Å²) < 4.78 is 24.6. The fraction of sp³-hybridized carbons (Fsp3) is 0.615. The number of nitrogens with zero attached hydrogens (tertiary/aromatic N) is 1. The summed E-state index contributed by atoms with van der Waals surface area (Å²) in [7, 11) is 3.30. The molecule has 53 heavy (non-hydrogen) atoms. The van der Waals surface area contributed by atoms with Crippen LogP contribution in [0.25, 0.3) is 6.08 Å². The number of rotatable bonds is 15. The second kappa shape index (κ2) is 16.5. The summed E-state index contributed by atoms with van der Waals surface area (Å²) in [6, 6.07) is 4.33. The van der Waals surface area contributed by atoms with E-state index in [-0.39, 0.29) is 48.1 Å². The maximum atomic E-state index is 13.8. The molecular weight excluding hydrogens is 686 g/mol. The zero-order valence-corrected chi connectivity index (χ0v) is 31.3. The van der Waals surface area contributed by atoms with E-state index in [1.165, 1.54) is 17.9 Å². The molecule has 0 radical (unpaired) electrons. The van der Waals surface area contributed by atoms with Crippen LogP contribution >= 0.6 is 0 Å². The second-order valence-corrected chi connectivity index (χ2v) is 15.7. The number of fused-ring (bicyclic) bond motifs is 1. The number of aliphatic hydroxyl groups is 2. The Morgan fingerprint density at radius 2 is 1.66 bits per heavy atom. The molecule has 1 aliphatic heterocycles. The first kappa shape index (κ1) is 40.1.